The zero-order chi connectivity index (χ0) is 13.7. The highest BCUT2D eigenvalue weighted by atomic mass is 15.2. The third-order valence-electron chi connectivity index (χ3n) is 3.09. The molecule has 0 amide bonds. The Labute approximate surface area is 114 Å². The number of nitrogens with zero attached hydrogens (tertiary/aromatic N) is 3. The minimum atomic E-state index is 0.427. The van der Waals surface area contributed by atoms with Gasteiger partial charge in [0.15, 0.2) is 0 Å². The molecule has 0 radical (unpaired) electrons. The van der Waals surface area contributed by atoms with Crippen molar-refractivity contribution in [3.8, 4) is 11.3 Å². The molecule has 0 atom stereocenters. The summed E-state index contributed by atoms with van der Waals surface area (Å²) in [4.78, 5) is 11.3. The Balaban J connectivity index is 2.47. The van der Waals surface area contributed by atoms with Crippen LogP contribution in [0.5, 0.6) is 0 Å². The first-order chi connectivity index (χ1) is 9.28. The van der Waals surface area contributed by atoms with Crippen molar-refractivity contribution in [3.05, 3.63) is 42.1 Å². The summed E-state index contributed by atoms with van der Waals surface area (Å²) in [5.74, 6) is 0.756. The molecule has 0 bridgehead atoms. The van der Waals surface area contributed by atoms with Gasteiger partial charge in [0.25, 0.3) is 0 Å². The van der Waals surface area contributed by atoms with Crippen molar-refractivity contribution in [3.63, 3.8) is 0 Å². The Morgan fingerprint density at radius 2 is 1.74 bits per heavy atom. The molecule has 0 aliphatic heterocycles. The maximum atomic E-state index is 5.74. The average molecular weight is 256 g/mol. The molecule has 19 heavy (non-hydrogen) atoms. The molecular weight excluding hydrogens is 236 g/mol. The molecule has 2 rings (SSSR count). The molecule has 4 nitrogen and oxygen atoms in total. The van der Waals surface area contributed by atoms with E-state index >= 15 is 0 Å². The van der Waals surface area contributed by atoms with E-state index in [-0.39, 0.29) is 0 Å². The van der Waals surface area contributed by atoms with Crippen LogP contribution >= 0.6 is 0 Å². The standard InChI is InChI=1S/C15H20N4/c1-3-19(4-2)15-17-13(11-16)10-14(18-15)12-8-6-5-7-9-12/h5-10H,3-4,11,16H2,1-2H3. The Hall–Kier alpha value is -1.94. The van der Waals surface area contributed by atoms with Crippen LogP contribution in [0.2, 0.25) is 0 Å². The molecule has 0 spiro atoms. The van der Waals surface area contributed by atoms with Crippen LogP contribution in [0, 0.1) is 0 Å². The topological polar surface area (TPSA) is 55.0 Å². The van der Waals surface area contributed by atoms with Gasteiger partial charge in [-0.2, -0.15) is 0 Å². The van der Waals surface area contributed by atoms with Crippen LogP contribution in [0.4, 0.5) is 5.95 Å². The largest absolute Gasteiger partial charge is 0.341 e. The van der Waals surface area contributed by atoms with Crippen molar-refractivity contribution in [1.82, 2.24) is 9.97 Å². The van der Waals surface area contributed by atoms with E-state index in [1.165, 1.54) is 0 Å². The van der Waals surface area contributed by atoms with Crippen LogP contribution in [0.25, 0.3) is 11.3 Å². The Kier molecular flexibility index (Phi) is 4.47. The zero-order valence-corrected chi connectivity index (χ0v) is 11.5. The van der Waals surface area contributed by atoms with Gasteiger partial charge in [-0.05, 0) is 19.9 Å². The molecule has 0 unspecified atom stereocenters. The lowest BCUT2D eigenvalue weighted by Gasteiger charge is -2.19. The Morgan fingerprint density at radius 3 is 2.32 bits per heavy atom. The summed E-state index contributed by atoms with van der Waals surface area (Å²) in [5, 5.41) is 0. The number of rotatable bonds is 5. The molecule has 2 aromatic rings. The number of hydrogen-bond donors (Lipinski definition) is 1. The fourth-order valence-corrected chi connectivity index (χ4v) is 1.99. The number of hydrogen-bond acceptors (Lipinski definition) is 4. The van der Waals surface area contributed by atoms with E-state index in [1.54, 1.807) is 0 Å². The van der Waals surface area contributed by atoms with Crippen molar-refractivity contribution in [2.45, 2.75) is 20.4 Å². The summed E-state index contributed by atoms with van der Waals surface area (Å²) in [6, 6.07) is 12.1. The van der Waals surface area contributed by atoms with E-state index < -0.39 is 0 Å². The van der Waals surface area contributed by atoms with Crippen LogP contribution in [0.15, 0.2) is 36.4 Å². The number of benzene rings is 1. The minimum absolute atomic E-state index is 0.427. The van der Waals surface area contributed by atoms with Crippen LogP contribution in [-0.4, -0.2) is 23.1 Å². The van der Waals surface area contributed by atoms with E-state index in [0.29, 0.717) is 6.54 Å². The SMILES string of the molecule is CCN(CC)c1nc(CN)cc(-c2ccccc2)n1. The second-order valence-electron chi connectivity index (χ2n) is 4.29. The first-order valence-corrected chi connectivity index (χ1v) is 6.66. The summed E-state index contributed by atoms with van der Waals surface area (Å²) < 4.78 is 0. The number of anilines is 1. The van der Waals surface area contributed by atoms with Crippen LogP contribution in [0.1, 0.15) is 19.5 Å². The van der Waals surface area contributed by atoms with Crippen molar-refractivity contribution >= 4 is 5.95 Å². The van der Waals surface area contributed by atoms with Crippen molar-refractivity contribution < 1.29 is 0 Å². The monoisotopic (exact) mass is 256 g/mol. The quantitative estimate of drug-likeness (QED) is 0.892. The molecule has 1 aromatic carbocycles. The summed E-state index contributed by atoms with van der Waals surface area (Å²) in [6.07, 6.45) is 0. The summed E-state index contributed by atoms with van der Waals surface area (Å²) >= 11 is 0. The summed E-state index contributed by atoms with van der Waals surface area (Å²) in [7, 11) is 0. The second-order valence-corrected chi connectivity index (χ2v) is 4.29. The van der Waals surface area contributed by atoms with Gasteiger partial charge in [-0.3, -0.25) is 0 Å². The van der Waals surface area contributed by atoms with Crippen molar-refractivity contribution in [2.75, 3.05) is 18.0 Å². The maximum Gasteiger partial charge on any atom is 0.226 e. The van der Waals surface area contributed by atoms with Gasteiger partial charge in [0.2, 0.25) is 5.95 Å². The van der Waals surface area contributed by atoms with E-state index in [4.69, 9.17) is 5.73 Å². The van der Waals surface area contributed by atoms with E-state index in [0.717, 1.165) is 36.0 Å². The van der Waals surface area contributed by atoms with Gasteiger partial charge in [-0.15, -0.1) is 0 Å². The predicted octanol–water partition coefficient (Wildman–Crippen LogP) is 2.45. The highest BCUT2D eigenvalue weighted by Gasteiger charge is 2.10. The highest BCUT2D eigenvalue weighted by molar-refractivity contribution is 5.60. The molecule has 1 aromatic heterocycles. The third kappa shape index (κ3) is 3.09. The molecule has 4 heteroatoms. The highest BCUT2D eigenvalue weighted by Crippen LogP contribution is 2.20. The van der Waals surface area contributed by atoms with Crippen LogP contribution < -0.4 is 10.6 Å². The van der Waals surface area contributed by atoms with Gasteiger partial charge in [0.05, 0.1) is 11.4 Å². The van der Waals surface area contributed by atoms with E-state index in [9.17, 15) is 0 Å². The first kappa shape index (κ1) is 13.5. The molecule has 0 fully saturated rings. The van der Waals surface area contributed by atoms with Crippen molar-refractivity contribution in [2.24, 2.45) is 5.73 Å². The number of aromatic nitrogens is 2. The van der Waals surface area contributed by atoms with E-state index in [1.807, 2.05) is 24.3 Å². The maximum absolute atomic E-state index is 5.74. The fourth-order valence-electron chi connectivity index (χ4n) is 1.99. The lowest BCUT2D eigenvalue weighted by atomic mass is 10.1. The Morgan fingerprint density at radius 1 is 1.05 bits per heavy atom. The molecule has 0 saturated heterocycles. The molecule has 0 saturated carbocycles. The predicted molar refractivity (Wildman–Crippen MR) is 78.9 cm³/mol. The number of nitrogens with two attached hydrogens (primary N) is 1. The second kappa shape index (κ2) is 6.29. The molecule has 0 aliphatic carbocycles. The average Bonchev–Trinajstić information content (AvgIpc) is 2.49. The molecular formula is C15H20N4. The summed E-state index contributed by atoms with van der Waals surface area (Å²) in [6.45, 7) is 6.41. The Bertz CT molecular complexity index is 521. The van der Waals surface area contributed by atoms with Gasteiger partial charge in [0, 0.05) is 25.2 Å². The van der Waals surface area contributed by atoms with Gasteiger partial charge in [0.1, 0.15) is 0 Å². The van der Waals surface area contributed by atoms with Gasteiger partial charge in [-0.25, -0.2) is 9.97 Å². The summed E-state index contributed by atoms with van der Waals surface area (Å²) in [5.41, 5.74) is 8.63. The molecule has 100 valence electrons. The first-order valence-electron chi connectivity index (χ1n) is 6.66. The van der Waals surface area contributed by atoms with E-state index in [2.05, 4.69) is 40.8 Å². The lowest BCUT2D eigenvalue weighted by Crippen LogP contribution is -2.25. The van der Waals surface area contributed by atoms with Crippen LogP contribution in [0.3, 0.4) is 0 Å². The normalized spacial score (nSPS) is 10.5. The lowest BCUT2D eigenvalue weighted by molar-refractivity contribution is 0.809. The zero-order valence-electron chi connectivity index (χ0n) is 11.5. The van der Waals surface area contributed by atoms with Crippen molar-refractivity contribution in [1.29, 1.82) is 0 Å². The molecule has 2 N–H and O–H groups in total. The van der Waals surface area contributed by atoms with Gasteiger partial charge >= 0.3 is 0 Å². The smallest absolute Gasteiger partial charge is 0.226 e. The third-order valence-corrected chi connectivity index (χ3v) is 3.09. The molecule has 1 heterocycles. The minimum Gasteiger partial charge on any atom is -0.341 e. The van der Waals surface area contributed by atoms with Gasteiger partial charge in [-0.1, -0.05) is 30.3 Å². The fraction of sp³-hybridized carbons (Fsp3) is 0.333. The van der Waals surface area contributed by atoms with Gasteiger partial charge < -0.3 is 10.6 Å². The van der Waals surface area contributed by atoms with Crippen LogP contribution in [-0.2, 0) is 6.54 Å². The molecule has 0 aliphatic rings.